The van der Waals surface area contributed by atoms with Crippen molar-refractivity contribution < 1.29 is 4.92 Å². The van der Waals surface area contributed by atoms with Gasteiger partial charge in [-0.05, 0) is 38.4 Å². The summed E-state index contributed by atoms with van der Waals surface area (Å²) in [5, 5.41) is 22.7. The Labute approximate surface area is 218 Å². The molecule has 35 heavy (non-hydrogen) atoms. The monoisotopic (exact) mass is 530 g/mol. The first-order valence-corrected chi connectivity index (χ1v) is 13.9. The molecule has 2 aromatic carbocycles. The molecule has 0 radical (unpaired) electrons. The molecule has 0 amide bonds. The number of hydrogen-bond donors (Lipinski definition) is 3. The zero-order valence-corrected chi connectivity index (χ0v) is 22.4. The van der Waals surface area contributed by atoms with E-state index in [1.165, 1.54) is 21.2 Å². The molecule has 0 saturated heterocycles. The van der Waals surface area contributed by atoms with E-state index in [9.17, 15) is 10.1 Å². The lowest BCUT2D eigenvalue weighted by molar-refractivity contribution is -0.404. The minimum atomic E-state index is -0.479. The molecular weight excluding hydrogens is 501 g/mol. The highest BCUT2D eigenvalue weighted by molar-refractivity contribution is 7.99. The highest BCUT2D eigenvalue weighted by atomic mass is 32.2. The van der Waals surface area contributed by atoms with Crippen LogP contribution in [0.1, 0.15) is 10.7 Å². The van der Waals surface area contributed by atoms with Gasteiger partial charge in [-0.25, -0.2) is 4.98 Å². The van der Waals surface area contributed by atoms with Gasteiger partial charge < -0.3 is 20.9 Å². The summed E-state index contributed by atoms with van der Waals surface area (Å²) in [5.74, 6) is 2.14. The number of rotatable bonds is 10. The molecular formula is C24H30N6O2S3. The number of nitrogens with one attached hydrogen (secondary N) is 3. The highest BCUT2D eigenvalue weighted by Gasteiger charge is 2.13. The van der Waals surface area contributed by atoms with Gasteiger partial charge in [0.15, 0.2) is 5.82 Å². The molecule has 0 atom stereocenters. The van der Waals surface area contributed by atoms with Crippen LogP contribution in [0.2, 0.25) is 0 Å². The summed E-state index contributed by atoms with van der Waals surface area (Å²) in [7, 11) is 5.70. The first kappa shape index (κ1) is 26.9. The van der Waals surface area contributed by atoms with Crippen molar-refractivity contribution in [1.29, 1.82) is 0 Å². The van der Waals surface area contributed by atoms with Crippen molar-refractivity contribution in [3.05, 3.63) is 86.7 Å². The van der Waals surface area contributed by atoms with Crippen LogP contribution in [0, 0.1) is 10.1 Å². The van der Waals surface area contributed by atoms with E-state index in [2.05, 4.69) is 79.7 Å². The number of thiazole rings is 1. The number of nitrogens with zero attached hydrogens (tertiary/aromatic N) is 3. The number of hydrogen-bond acceptors (Lipinski definition) is 10. The van der Waals surface area contributed by atoms with Gasteiger partial charge in [-0.15, -0.1) is 11.3 Å². The maximum atomic E-state index is 10.4. The number of nitro groups is 1. The Bertz CT molecular complexity index is 1050. The average Bonchev–Trinajstić information content (AvgIpc) is 3.28. The number of fused-ring (bicyclic) bond motifs is 2. The summed E-state index contributed by atoms with van der Waals surface area (Å²) in [4.78, 5) is 19.1. The number of para-hydroxylation sites is 2. The van der Waals surface area contributed by atoms with E-state index in [0.29, 0.717) is 12.4 Å². The topological polar surface area (TPSA) is 95.4 Å². The fraction of sp³-hybridized carbons (Fsp3) is 0.292. The summed E-state index contributed by atoms with van der Waals surface area (Å²) < 4.78 is 0. The zero-order valence-electron chi connectivity index (χ0n) is 20.0. The third-order valence-electron chi connectivity index (χ3n) is 4.63. The lowest BCUT2D eigenvalue weighted by Gasteiger charge is -2.19. The van der Waals surface area contributed by atoms with Gasteiger partial charge >= 0.3 is 0 Å². The first-order chi connectivity index (χ1) is 16.9. The van der Waals surface area contributed by atoms with Gasteiger partial charge in [-0.3, -0.25) is 10.1 Å². The summed E-state index contributed by atoms with van der Waals surface area (Å²) in [5.41, 5.74) is 3.50. The number of benzene rings is 2. The van der Waals surface area contributed by atoms with E-state index in [4.69, 9.17) is 0 Å². The van der Waals surface area contributed by atoms with E-state index in [0.717, 1.165) is 35.0 Å². The third-order valence-corrected chi connectivity index (χ3v) is 7.66. The summed E-state index contributed by atoms with van der Waals surface area (Å²) in [6.07, 6.45) is 0.929. The minimum absolute atomic E-state index is 0.419. The normalized spacial score (nSPS) is 12.1. The third kappa shape index (κ3) is 9.10. The van der Waals surface area contributed by atoms with Crippen molar-refractivity contribution in [2.24, 2.45) is 0 Å². The lowest BCUT2D eigenvalue weighted by Crippen LogP contribution is -2.26. The Kier molecular flexibility index (Phi) is 10.7. The van der Waals surface area contributed by atoms with Crippen molar-refractivity contribution in [2.75, 3.05) is 38.8 Å². The predicted octanol–water partition coefficient (Wildman–Crippen LogP) is 5.22. The van der Waals surface area contributed by atoms with Crippen LogP contribution in [-0.2, 0) is 12.3 Å². The van der Waals surface area contributed by atoms with Gasteiger partial charge in [0.1, 0.15) is 5.01 Å². The highest BCUT2D eigenvalue weighted by Crippen LogP contribution is 2.43. The van der Waals surface area contributed by atoms with Crippen molar-refractivity contribution in [3.8, 4) is 0 Å². The fourth-order valence-electron chi connectivity index (χ4n) is 3.08. The van der Waals surface area contributed by atoms with Gasteiger partial charge in [-0.2, -0.15) is 11.8 Å². The van der Waals surface area contributed by atoms with Crippen LogP contribution in [-0.4, -0.2) is 48.2 Å². The number of thioether (sulfide) groups is 1. The number of anilines is 2. The molecule has 0 unspecified atom stereocenters. The van der Waals surface area contributed by atoms with Crippen molar-refractivity contribution in [2.45, 2.75) is 22.1 Å². The Balaban J connectivity index is 0.000000209. The maximum Gasteiger partial charge on any atom is 0.274 e. The van der Waals surface area contributed by atoms with Crippen molar-refractivity contribution in [3.63, 3.8) is 0 Å². The van der Waals surface area contributed by atoms with E-state index in [1.807, 2.05) is 25.9 Å². The molecule has 3 aromatic rings. The Hall–Kier alpha value is -2.73. The van der Waals surface area contributed by atoms with Crippen LogP contribution in [0.25, 0.3) is 0 Å². The van der Waals surface area contributed by atoms with E-state index in [1.54, 1.807) is 30.1 Å². The largest absolute Gasteiger partial charge is 0.370 e. The van der Waals surface area contributed by atoms with E-state index < -0.39 is 4.92 Å². The van der Waals surface area contributed by atoms with Gasteiger partial charge in [-0.1, -0.05) is 36.0 Å². The molecule has 0 fully saturated rings. The quantitative estimate of drug-likeness (QED) is 0.145. The standard InChI is InChI=1S/C12H21N5O2S2.C12H9NS/c1-13-11(6-17(18)19)14-4-5-20-8-10-9-21-12(15-10)7-16(2)3;1-3-7-11-9(5-1)13-10-6-2-4-8-12(10)14-11/h6,9,13-14H,4-5,7-8H2,1-3H3;1-8,13H/b11-6+;. The second-order valence-electron chi connectivity index (χ2n) is 7.75. The Morgan fingerprint density at radius 1 is 1.17 bits per heavy atom. The molecule has 1 aromatic heterocycles. The molecule has 0 spiro atoms. The lowest BCUT2D eigenvalue weighted by atomic mass is 10.2. The predicted molar refractivity (Wildman–Crippen MR) is 148 cm³/mol. The molecule has 186 valence electrons. The van der Waals surface area contributed by atoms with E-state index in [-0.39, 0.29) is 0 Å². The maximum absolute atomic E-state index is 10.4. The molecule has 1 aliphatic heterocycles. The van der Waals surface area contributed by atoms with Gasteiger partial charge in [0.05, 0.1) is 22.0 Å². The first-order valence-electron chi connectivity index (χ1n) is 11.0. The number of aromatic nitrogens is 1. The SMILES string of the molecule is CN/C(=C\[N+](=O)[O-])NCCSCc1csc(CN(C)C)n1.c1ccc2c(c1)Nc1ccccc1S2. The zero-order chi connectivity index (χ0) is 25.0. The van der Waals surface area contributed by atoms with Crippen LogP contribution in [0.3, 0.4) is 0 Å². The molecule has 0 bridgehead atoms. The van der Waals surface area contributed by atoms with Crippen molar-refractivity contribution >= 4 is 46.2 Å². The van der Waals surface area contributed by atoms with Gasteiger partial charge in [0.25, 0.3) is 6.20 Å². The molecule has 3 N–H and O–H groups in total. The van der Waals surface area contributed by atoms with Gasteiger partial charge in [0.2, 0.25) is 0 Å². The summed E-state index contributed by atoms with van der Waals surface area (Å²) in [6.45, 7) is 1.54. The smallest absolute Gasteiger partial charge is 0.274 e. The summed E-state index contributed by atoms with van der Waals surface area (Å²) >= 11 is 5.25. The molecule has 8 nitrogen and oxygen atoms in total. The second kappa shape index (κ2) is 14.0. The van der Waals surface area contributed by atoms with Gasteiger partial charge in [0, 0.05) is 46.8 Å². The molecule has 11 heteroatoms. The average molecular weight is 531 g/mol. The Morgan fingerprint density at radius 3 is 2.43 bits per heavy atom. The summed E-state index contributed by atoms with van der Waals surface area (Å²) in [6, 6.07) is 16.8. The minimum Gasteiger partial charge on any atom is -0.370 e. The molecule has 0 aliphatic carbocycles. The molecule has 4 rings (SSSR count). The van der Waals surface area contributed by atoms with Crippen molar-refractivity contribution in [1.82, 2.24) is 20.5 Å². The van der Waals surface area contributed by atoms with E-state index >= 15 is 0 Å². The Morgan fingerprint density at radius 2 is 1.83 bits per heavy atom. The van der Waals surface area contributed by atoms with Crippen LogP contribution in [0.5, 0.6) is 0 Å². The van der Waals surface area contributed by atoms with Crippen LogP contribution < -0.4 is 16.0 Å². The second-order valence-corrected chi connectivity index (χ2v) is 10.9. The van der Waals surface area contributed by atoms with Crippen LogP contribution in [0.4, 0.5) is 11.4 Å². The molecule has 0 saturated carbocycles. The molecule has 2 heterocycles. The van der Waals surface area contributed by atoms with Crippen LogP contribution >= 0.6 is 34.9 Å². The fourth-order valence-corrected chi connectivity index (χ4v) is 5.83. The van der Waals surface area contributed by atoms with Crippen LogP contribution in [0.15, 0.2) is 75.7 Å². The molecule has 1 aliphatic rings.